The van der Waals surface area contributed by atoms with Crippen molar-refractivity contribution >= 4 is 11.7 Å². The van der Waals surface area contributed by atoms with Gasteiger partial charge in [-0.1, -0.05) is 25.9 Å². The summed E-state index contributed by atoms with van der Waals surface area (Å²) in [6.07, 6.45) is -0.996. The monoisotopic (exact) mass is 324 g/mol. The second-order valence-electron chi connectivity index (χ2n) is 6.15. The van der Waals surface area contributed by atoms with Crippen LogP contribution in [-0.4, -0.2) is 17.2 Å². The van der Waals surface area contributed by atoms with Crippen molar-refractivity contribution in [3.05, 3.63) is 41.7 Å². The molecular formula is C16H18F2N2O3. The van der Waals surface area contributed by atoms with E-state index in [-0.39, 0.29) is 17.0 Å². The molecule has 23 heavy (non-hydrogen) atoms. The van der Waals surface area contributed by atoms with Gasteiger partial charge in [0, 0.05) is 17.5 Å². The molecule has 1 unspecified atom stereocenters. The van der Waals surface area contributed by atoms with Gasteiger partial charge in [-0.25, -0.2) is 8.78 Å². The molecule has 5 nitrogen and oxygen atoms in total. The van der Waals surface area contributed by atoms with Gasteiger partial charge in [0.25, 0.3) is 5.91 Å². The molecule has 124 valence electrons. The molecule has 0 saturated heterocycles. The van der Waals surface area contributed by atoms with E-state index in [2.05, 4.69) is 10.5 Å². The number of hydrogen-bond donors (Lipinski definition) is 1. The molecule has 1 aromatic carbocycles. The molecule has 0 aliphatic carbocycles. The van der Waals surface area contributed by atoms with Gasteiger partial charge in [0.2, 0.25) is 0 Å². The largest absolute Gasteiger partial charge is 0.478 e. The second-order valence-corrected chi connectivity index (χ2v) is 6.15. The number of ether oxygens (including phenoxy) is 1. The maximum Gasteiger partial charge on any atom is 0.266 e. The number of anilines is 1. The maximum absolute atomic E-state index is 13.5. The van der Waals surface area contributed by atoms with E-state index >= 15 is 0 Å². The molecule has 1 N–H and O–H groups in total. The summed E-state index contributed by atoms with van der Waals surface area (Å²) in [5.74, 6) is -1.46. The highest BCUT2D eigenvalue weighted by Crippen LogP contribution is 2.24. The smallest absolute Gasteiger partial charge is 0.266 e. The van der Waals surface area contributed by atoms with Crippen molar-refractivity contribution < 1.29 is 22.8 Å². The van der Waals surface area contributed by atoms with Crippen LogP contribution < -0.4 is 10.1 Å². The van der Waals surface area contributed by atoms with E-state index in [4.69, 9.17) is 9.26 Å². The fraction of sp³-hybridized carbons (Fsp3) is 0.375. The molecule has 0 fully saturated rings. The Balaban J connectivity index is 2.01. The highest BCUT2D eigenvalue weighted by Gasteiger charge is 2.22. The minimum atomic E-state index is -0.996. The summed E-state index contributed by atoms with van der Waals surface area (Å²) in [4.78, 5) is 12.0. The number of hydrogen-bond acceptors (Lipinski definition) is 4. The average Bonchev–Trinajstić information content (AvgIpc) is 2.90. The van der Waals surface area contributed by atoms with E-state index in [1.807, 2.05) is 20.8 Å². The van der Waals surface area contributed by atoms with Crippen molar-refractivity contribution in [2.45, 2.75) is 39.2 Å². The average molecular weight is 324 g/mol. The second kappa shape index (κ2) is 6.36. The fourth-order valence-corrected chi connectivity index (χ4v) is 1.73. The Morgan fingerprint density at radius 2 is 2.00 bits per heavy atom. The van der Waals surface area contributed by atoms with Crippen LogP contribution in [0.2, 0.25) is 0 Å². The summed E-state index contributed by atoms with van der Waals surface area (Å²) in [5, 5.41) is 6.28. The summed E-state index contributed by atoms with van der Waals surface area (Å²) >= 11 is 0. The lowest BCUT2D eigenvalue weighted by atomic mass is 9.93. The summed E-state index contributed by atoms with van der Waals surface area (Å²) in [7, 11) is 0. The molecule has 1 aromatic heterocycles. The van der Waals surface area contributed by atoms with Gasteiger partial charge in [-0.3, -0.25) is 4.79 Å². The molecule has 0 bridgehead atoms. The van der Waals surface area contributed by atoms with E-state index in [0.717, 1.165) is 12.1 Å². The number of carbonyl (C=O) groups is 1. The number of amides is 1. The summed E-state index contributed by atoms with van der Waals surface area (Å²) in [6, 6.07) is 4.48. The Kier molecular flexibility index (Phi) is 4.68. The molecule has 2 aromatic rings. The van der Waals surface area contributed by atoms with Crippen molar-refractivity contribution in [2.75, 3.05) is 5.32 Å². The first-order valence-electron chi connectivity index (χ1n) is 7.06. The number of nitrogens with one attached hydrogen (secondary N) is 1. The third-order valence-corrected chi connectivity index (χ3v) is 3.07. The number of rotatable bonds is 4. The molecule has 1 amide bonds. The van der Waals surface area contributed by atoms with Crippen molar-refractivity contribution in [1.82, 2.24) is 5.16 Å². The first-order chi connectivity index (χ1) is 10.7. The van der Waals surface area contributed by atoms with Gasteiger partial charge in [0.1, 0.15) is 11.6 Å². The topological polar surface area (TPSA) is 64.4 Å². The standard InChI is InChI=1S/C16H18F2N2O3/c1-9(22-12-6-5-10(17)7-11(12)18)15(21)19-14-8-13(23-20-14)16(2,3)4/h5-9H,1-4H3,(H,19,20,21). The molecule has 2 rings (SSSR count). The molecule has 0 aliphatic heterocycles. The predicted octanol–water partition coefficient (Wildman–Crippen LogP) is 3.66. The SMILES string of the molecule is CC(Oc1ccc(F)cc1F)C(=O)Nc1cc(C(C)(C)C)on1. The lowest BCUT2D eigenvalue weighted by Crippen LogP contribution is -2.30. The van der Waals surface area contributed by atoms with Crippen molar-refractivity contribution in [3.8, 4) is 5.75 Å². The number of nitrogens with zero attached hydrogens (tertiary/aromatic N) is 1. The normalized spacial score (nSPS) is 12.8. The van der Waals surface area contributed by atoms with Crippen LogP contribution in [0.1, 0.15) is 33.5 Å². The number of halogens is 2. The number of carbonyl (C=O) groups excluding carboxylic acids is 1. The first kappa shape index (κ1) is 16.9. The van der Waals surface area contributed by atoms with Crippen molar-refractivity contribution in [2.24, 2.45) is 0 Å². The van der Waals surface area contributed by atoms with E-state index < -0.39 is 23.6 Å². The van der Waals surface area contributed by atoms with Crippen LogP contribution in [0.15, 0.2) is 28.8 Å². The quantitative estimate of drug-likeness (QED) is 0.932. The summed E-state index contributed by atoms with van der Waals surface area (Å²) < 4.78 is 36.7. The number of benzene rings is 1. The van der Waals surface area contributed by atoms with Crippen LogP contribution in [0.4, 0.5) is 14.6 Å². The highest BCUT2D eigenvalue weighted by molar-refractivity contribution is 5.93. The fourth-order valence-electron chi connectivity index (χ4n) is 1.73. The Hall–Kier alpha value is -2.44. The molecule has 1 heterocycles. The van der Waals surface area contributed by atoms with Gasteiger partial charge in [-0.05, 0) is 19.1 Å². The minimum absolute atomic E-state index is 0.204. The maximum atomic E-state index is 13.5. The summed E-state index contributed by atoms with van der Waals surface area (Å²) in [6.45, 7) is 7.29. The van der Waals surface area contributed by atoms with Gasteiger partial charge < -0.3 is 14.6 Å². The first-order valence-corrected chi connectivity index (χ1v) is 7.06. The van der Waals surface area contributed by atoms with Crippen molar-refractivity contribution in [1.29, 1.82) is 0 Å². The lowest BCUT2D eigenvalue weighted by Gasteiger charge is -2.14. The Morgan fingerprint density at radius 3 is 2.57 bits per heavy atom. The van der Waals surface area contributed by atoms with Gasteiger partial charge in [0.15, 0.2) is 23.5 Å². The van der Waals surface area contributed by atoms with E-state index in [1.165, 1.54) is 6.92 Å². The Bertz CT molecular complexity index is 708. The zero-order chi connectivity index (χ0) is 17.2. The Morgan fingerprint density at radius 1 is 1.30 bits per heavy atom. The van der Waals surface area contributed by atoms with Crippen LogP contribution in [0, 0.1) is 11.6 Å². The lowest BCUT2D eigenvalue weighted by molar-refractivity contribution is -0.122. The highest BCUT2D eigenvalue weighted by atomic mass is 19.1. The molecule has 0 aliphatic rings. The van der Waals surface area contributed by atoms with Gasteiger partial charge >= 0.3 is 0 Å². The van der Waals surface area contributed by atoms with Crippen LogP contribution in [0.5, 0.6) is 5.75 Å². The summed E-state index contributed by atoms with van der Waals surface area (Å²) in [5.41, 5.74) is -0.241. The van der Waals surface area contributed by atoms with Gasteiger partial charge in [-0.2, -0.15) is 0 Å². The molecule has 1 atom stereocenters. The third kappa shape index (κ3) is 4.28. The van der Waals surface area contributed by atoms with Crippen LogP contribution in [0.25, 0.3) is 0 Å². The van der Waals surface area contributed by atoms with Crippen LogP contribution in [-0.2, 0) is 10.2 Å². The van der Waals surface area contributed by atoms with Crippen LogP contribution >= 0.6 is 0 Å². The van der Waals surface area contributed by atoms with Crippen LogP contribution in [0.3, 0.4) is 0 Å². The Labute approximate surface area is 132 Å². The van der Waals surface area contributed by atoms with Gasteiger partial charge in [0.05, 0.1) is 0 Å². The predicted molar refractivity (Wildman–Crippen MR) is 80.3 cm³/mol. The zero-order valence-electron chi connectivity index (χ0n) is 13.3. The number of aromatic nitrogens is 1. The van der Waals surface area contributed by atoms with Gasteiger partial charge in [-0.15, -0.1) is 0 Å². The van der Waals surface area contributed by atoms with Crippen molar-refractivity contribution in [3.63, 3.8) is 0 Å². The molecule has 7 heteroatoms. The van der Waals surface area contributed by atoms with E-state index in [0.29, 0.717) is 11.8 Å². The molecular weight excluding hydrogens is 306 g/mol. The zero-order valence-corrected chi connectivity index (χ0v) is 13.3. The molecule has 0 saturated carbocycles. The van der Waals surface area contributed by atoms with E-state index in [1.54, 1.807) is 6.07 Å². The minimum Gasteiger partial charge on any atom is -0.478 e. The molecule has 0 radical (unpaired) electrons. The third-order valence-electron chi connectivity index (χ3n) is 3.07. The molecule has 0 spiro atoms. The van der Waals surface area contributed by atoms with E-state index in [9.17, 15) is 13.6 Å².